The van der Waals surface area contributed by atoms with Crippen LogP contribution >= 0.6 is 15.9 Å². The van der Waals surface area contributed by atoms with Gasteiger partial charge in [0.2, 0.25) is 5.91 Å². The topological polar surface area (TPSA) is 75.7 Å². The largest absolute Gasteiger partial charge is 0.491 e. The second-order valence-electron chi connectivity index (χ2n) is 7.77. The molecule has 0 bridgehead atoms. The molecule has 0 atom stereocenters. The van der Waals surface area contributed by atoms with Crippen LogP contribution in [0.15, 0.2) is 76.1 Å². The zero-order chi connectivity index (χ0) is 24.0. The number of carbonyl (C=O) groups excluding carboxylic acids is 1. The number of nitrogens with zero attached hydrogens (tertiary/aromatic N) is 1. The van der Waals surface area contributed by atoms with Gasteiger partial charge in [0.05, 0.1) is 17.1 Å². The number of nitrogens with one attached hydrogen (secondary N) is 1. The Labute approximate surface area is 203 Å². The van der Waals surface area contributed by atoms with E-state index in [4.69, 9.17) is 4.74 Å². The normalized spacial score (nSPS) is 11.2. The third kappa shape index (κ3) is 6.58. The number of hydrogen-bond acceptors (Lipinski definition) is 4. The van der Waals surface area contributed by atoms with Crippen LogP contribution in [0.4, 0.5) is 5.69 Å². The van der Waals surface area contributed by atoms with E-state index in [1.54, 1.807) is 48.5 Å². The Morgan fingerprint density at radius 2 is 1.67 bits per heavy atom. The summed E-state index contributed by atoms with van der Waals surface area (Å²) < 4.78 is 34.3. The third-order valence-electron chi connectivity index (χ3n) is 5.00. The molecular weight excluding hydrogens is 504 g/mol. The van der Waals surface area contributed by atoms with Crippen molar-refractivity contribution in [3.63, 3.8) is 0 Å². The van der Waals surface area contributed by atoms with E-state index in [0.29, 0.717) is 10.2 Å². The first kappa shape index (κ1) is 24.8. The van der Waals surface area contributed by atoms with Crippen LogP contribution < -0.4 is 14.4 Å². The van der Waals surface area contributed by atoms with Gasteiger partial charge in [-0.05, 0) is 62.7 Å². The Morgan fingerprint density at radius 1 is 0.970 bits per heavy atom. The number of benzene rings is 3. The first-order valence-electron chi connectivity index (χ1n) is 10.5. The summed E-state index contributed by atoms with van der Waals surface area (Å²) in [4.78, 5) is 12.8. The zero-order valence-electron chi connectivity index (χ0n) is 18.8. The molecule has 0 radical (unpaired) electrons. The average Bonchev–Trinajstić information content (AvgIpc) is 2.76. The van der Waals surface area contributed by atoms with Gasteiger partial charge >= 0.3 is 0 Å². The standard InChI is InChI=1S/C25H27BrN2O4S/c1-18-7-10-23(11-8-18)33(30,31)28(22-6-4-5-21(26)16-22)17-25(29)27-13-14-32-24-12-9-19(2)15-20(24)3/h4-12,15-16H,13-14,17H2,1-3H3,(H,27,29). The third-order valence-corrected chi connectivity index (χ3v) is 7.29. The van der Waals surface area contributed by atoms with Gasteiger partial charge in [-0.25, -0.2) is 8.42 Å². The summed E-state index contributed by atoms with van der Waals surface area (Å²) in [5.74, 6) is 0.336. The molecule has 33 heavy (non-hydrogen) atoms. The van der Waals surface area contributed by atoms with Crippen molar-refractivity contribution < 1.29 is 17.9 Å². The molecule has 0 heterocycles. The van der Waals surface area contributed by atoms with Crippen molar-refractivity contribution in [1.82, 2.24) is 5.32 Å². The van der Waals surface area contributed by atoms with Crippen molar-refractivity contribution in [2.75, 3.05) is 24.0 Å². The van der Waals surface area contributed by atoms with Crippen molar-refractivity contribution in [3.05, 3.63) is 87.9 Å². The number of anilines is 1. The van der Waals surface area contributed by atoms with Gasteiger partial charge in [0.1, 0.15) is 18.9 Å². The maximum Gasteiger partial charge on any atom is 0.264 e. The number of sulfonamides is 1. The molecule has 0 aliphatic carbocycles. The number of rotatable bonds is 9. The van der Waals surface area contributed by atoms with E-state index in [1.807, 2.05) is 39.0 Å². The molecule has 0 aromatic heterocycles. The first-order chi connectivity index (χ1) is 15.7. The molecule has 3 aromatic carbocycles. The lowest BCUT2D eigenvalue weighted by molar-refractivity contribution is -0.119. The number of amides is 1. The minimum atomic E-state index is -3.95. The van der Waals surface area contributed by atoms with Gasteiger partial charge < -0.3 is 10.1 Å². The van der Waals surface area contributed by atoms with Gasteiger partial charge in [-0.2, -0.15) is 0 Å². The fourth-order valence-corrected chi connectivity index (χ4v) is 5.08. The molecule has 0 saturated carbocycles. The number of carbonyl (C=O) groups is 1. The lowest BCUT2D eigenvalue weighted by Crippen LogP contribution is -2.42. The summed E-state index contributed by atoms with van der Waals surface area (Å²) in [5, 5.41) is 2.75. The fourth-order valence-electron chi connectivity index (χ4n) is 3.28. The summed E-state index contributed by atoms with van der Waals surface area (Å²) in [6.45, 7) is 6.04. The van der Waals surface area contributed by atoms with E-state index >= 15 is 0 Å². The predicted molar refractivity (Wildman–Crippen MR) is 134 cm³/mol. The lowest BCUT2D eigenvalue weighted by atomic mass is 10.1. The SMILES string of the molecule is Cc1ccc(S(=O)(=O)N(CC(=O)NCCOc2ccc(C)cc2C)c2cccc(Br)c2)cc1. The van der Waals surface area contributed by atoms with E-state index in [0.717, 1.165) is 26.7 Å². The van der Waals surface area contributed by atoms with Gasteiger partial charge in [-0.15, -0.1) is 0 Å². The van der Waals surface area contributed by atoms with Crippen LogP contribution in [-0.2, 0) is 14.8 Å². The van der Waals surface area contributed by atoms with Gasteiger partial charge in [-0.3, -0.25) is 9.10 Å². The highest BCUT2D eigenvalue weighted by Gasteiger charge is 2.27. The van der Waals surface area contributed by atoms with Gasteiger partial charge in [-0.1, -0.05) is 57.4 Å². The molecule has 0 spiro atoms. The average molecular weight is 531 g/mol. The molecule has 0 aliphatic rings. The second kappa shape index (κ2) is 10.9. The van der Waals surface area contributed by atoms with E-state index in [-0.39, 0.29) is 24.6 Å². The molecule has 0 fully saturated rings. The summed E-state index contributed by atoms with van der Waals surface area (Å²) in [5.41, 5.74) is 3.51. The van der Waals surface area contributed by atoms with Crippen LogP contribution in [0.2, 0.25) is 0 Å². The molecule has 6 nitrogen and oxygen atoms in total. The summed E-state index contributed by atoms with van der Waals surface area (Å²) in [6, 6.07) is 19.3. The number of aryl methyl sites for hydroxylation is 3. The summed E-state index contributed by atoms with van der Waals surface area (Å²) in [6.07, 6.45) is 0. The second-order valence-corrected chi connectivity index (χ2v) is 10.5. The van der Waals surface area contributed by atoms with Crippen molar-refractivity contribution in [3.8, 4) is 5.75 Å². The smallest absolute Gasteiger partial charge is 0.264 e. The van der Waals surface area contributed by atoms with Crippen LogP contribution in [0.3, 0.4) is 0 Å². The Bertz CT molecular complexity index is 1230. The highest BCUT2D eigenvalue weighted by Crippen LogP contribution is 2.26. The number of halogens is 1. The van der Waals surface area contributed by atoms with Crippen LogP contribution in [0, 0.1) is 20.8 Å². The minimum absolute atomic E-state index is 0.124. The van der Waals surface area contributed by atoms with Crippen molar-refractivity contribution in [1.29, 1.82) is 0 Å². The molecule has 1 N–H and O–H groups in total. The summed E-state index contributed by atoms with van der Waals surface area (Å²) >= 11 is 3.37. The van der Waals surface area contributed by atoms with Gasteiger partial charge in [0, 0.05) is 4.47 Å². The van der Waals surface area contributed by atoms with Crippen LogP contribution in [-0.4, -0.2) is 34.0 Å². The lowest BCUT2D eigenvalue weighted by Gasteiger charge is -2.24. The first-order valence-corrected chi connectivity index (χ1v) is 12.7. The van der Waals surface area contributed by atoms with Gasteiger partial charge in [0.25, 0.3) is 10.0 Å². The Morgan fingerprint density at radius 3 is 2.33 bits per heavy atom. The van der Waals surface area contributed by atoms with E-state index in [2.05, 4.69) is 21.2 Å². The monoisotopic (exact) mass is 530 g/mol. The van der Waals surface area contributed by atoms with Crippen molar-refractivity contribution in [2.45, 2.75) is 25.7 Å². The Balaban J connectivity index is 1.70. The van der Waals surface area contributed by atoms with Crippen LogP contribution in [0.5, 0.6) is 5.75 Å². The molecule has 0 aliphatic heterocycles. The maximum absolute atomic E-state index is 13.4. The quantitative estimate of drug-likeness (QED) is 0.404. The summed E-state index contributed by atoms with van der Waals surface area (Å²) in [7, 11) is -3.95. The maximum atomic E-state index is 13.4. The van der Waals surface area contributed by atoms with E-state index in [9.17, 15) is 13.2 Å². The van der Waals surface area contributed by atoms with Crippen LogP contribution in [0.1, 0.15) is 16.7 Å². The zero-order valence-corrected chi connectivity index (χ0v) is 21.2. The van der Waals surface area contributed by atoms with E-state index in [1.165, 1.54) is 0 Å². The highest BCUT2D eigenvalue weighted by molar-refractivity contribution is 9.10. The van der Waals surface area contributed by atoms with Crippen molar-refractivity contribution in [2.24, 2.45) is 0 Å². The molecule has 8 heteroatoms. The molecule has 0 unspecified atom stereocenters. The highest BCUT2D eigenvalue weighted by atomic mass is 79.9. The van der Waals surface area contributed by atoms with Crippen molar-refractivity contribution >= 4 is 37.5 Å². The fraction of sp³-hybridized carbons (Fsp3) is 0.240. The molecular formula is C25H27BrN2O4S. The number of ether oxygens (including phenoxy) is 1. The van der Waals surface area contributed by atoms with Crippen LogP contribution in [0.25, 0.3) is 0 Å². The van der Waals surface area contributed by atoms with Gasteiger partial charge in [0.15, 0.2) is 0 Å². The minimum Gasteiger partial charge on any atom is -0.491 e. The Kier molecular flexibility index (Phi) is 8.15. The molecule has 3 aromatic rings. The molecule has 1 amide bonds. The molecule has 174 valence electrons. The van der Waals surface area contributed by atoms with E-state index < -0.39 is 15.9 Å². The number of hydrogen-bond donors (Lipinski definition) is 1. The molecule has 0 saturated heterocycles. The predicted octanol–water partition coefficient (Wildman–Crippen LogP) is 4.76. The molecule has 3 rings (SSSR count). The Hall–Kier alpha value is -2.84.